The predicted octanol–water partition coefficient (Wildman–Crippen LogP) is 0.942. The molecule has 0 spiro atoms. The van der Waals surface area contributed by atoms with E-state index < -0.39 is 0 Å². The maximum absolute atomic E-state index is 5.91. The van der Waals surface area contributed by atoms with Gasteiger partial charge in [-0.25, -0.2) is 0 Å². The molecular formula is C11H11N7. The molecule has 0 atom stereocenters. The number of aromatic amines is 1. The molecular weight excluding hydrogens is 230 g/mol. The number of pyridine rings is 1. The molecule has 7 nitrogen and oxygen atoms in total. The highest BCUT2D eigenvalue weighted by Gasteiger charge is 2.05. The number of anilines is 2. The third kappa shape index (κ3) is 1.81. The Morgan fingerprint density at radius 2 is 2.17 bits per heavy atom. The van der Waals surface area contributed by atoms with E-state index >= 15 is 0 Å². The number of benzene rings is 1. The average Bonchev–Trinajstić information content (AvgIpc) is 2.92. The van der Waals surface area contributed by atoms with Gasteiger partial charge >= 0.3 is 0 Å². The molecule has 3 rings (SSSR count). The summed E-state index contributed by atoms with van der Waals surface area (Å²) in [7, 11) is 0. The van der Waals surface area contributed by atoms with Crippen molar-refractivity contribution in [3.8, 4) is 0 Å². The molecule has 0 amide bonds. The number of H-pyrrole nitrogens is 1. The molecule has 18 heavy (non-hydrogen) atoms. The number of nitrogens with one attached hydrogen (secondary N) is 2. The van der Waals surface area contributed by atoms with E-state index in [-0.39, 0.29) is 0 Å². The van der Waals surface area contributed by atoms with Crippen molar-refractivity contribution in [2.24, 2.45) is 0 Å². The molecule has 2 aromatic heterocycles. The van der Waals surface area contributed by atoms with E-state index in [1.807, 2.05) is 18.2 Å². The quantitative estimate of drug-likeness (QED) is 0.589. The first-order valence-corrected chi connectivity index (χ1v) is 5.43. The number of hydrogen-bond acceptors (Lipinski definition) is 6. The Morgan fingerprint density at radius 3 is 3.00 bits per heavy atom. The lowest BCUT2D eigenvalue weighted by Crippen LogP contribution is -2.02. The van der Waals surface area contributed by atoms with Crippen LogP contribution in [0, 0.1) is 0 Å². The minimum atomic E-state index is 0.498. The second-order valence-electron chi connectivity index (χ2n) is 3.81. The molecule has 0 fully saturated rings. The molecule has 0 saturated carbocycles. The Balaban J connectivity index is 1.94. The van der Waals surface area contributed by atoms with Crippen LogP contribution in [-0.2, 0) is 6.54 Å². The molecule has 0 aliphatic carbocycles. The van der Waals surface area contributed by atoms with Crippen LogP contribution in [0.15, 0.2) is 30.6 Å². The van der Waals surface area contributed by atoms with Gasteiger partial charge in [-0.05, 0) is 18.2 Å². The molecule has 0 aliphatic rings. The zero-order valence-corrected chi connectivity index (χ0v) is 9.46. The van der Waals surface area contributed by atoms with E-state index in [0.717, 1.165) is 16.5 Å². The first kappa shape index (κ1) is 10.5. The summed E-state index contributed by atoms with van der Waals surface area (Å²) in [5, 5.41) is 18.9. The number of nitrogens with two attached hydrogens (primary N) is 1. The predicted molar refractivity (Wildman–Crippen MR) is 67.7 cm³/mol. The van der Waals surface area contributed by atoms with Crippen LogP contribution in [0.3, 0.4) is 0 Å². The van der Waals surface area contributed by atoms with Crippen molar-refractivity contribution in [1.29, 1.82) is 0 Å². The minimum Gasteiger partial charge on any atom is -0.398 e. The highest BCUT2D eigenvalue weighted by molar-refractivity contribution is 6.00. The Morgan fingerprint density at radius 1 is 1.22 bits per heavy atom. The fraction of sp³-hybridized carbons (Fsp3) is 0.0909. The van der Waals surface area contributed by atoms with Crippen LogP contribution in [0.2, 0.25) is 0 Å². The van der Waals surface area contributed by atoms with Crippen molar-refractivity contribution < 1.29 is 0 Å². The van der Waals surface area contributed by atoms with Gasteiger partial charge < -0.3 is 11.1 Å². The van der Waals surface area contributed by atoms with Gasteiger partial charge in [0, 0.05) is 34.5 Å². The van der Waals surface area contributed by atoms with E-state index in [9.17, 15) is 0 Å². The van der Waals surface area contributed by atoms with Crippen molar-refractivity contribution in [3.05, 3.63) is 36.4 Å². The Labute approximate surface area is 102 Å². The average molecular weight is 241 g/mol. The van der Waals surface area contributed by atoms with Gasteiger partial charge in [-0.3, -0.25) is 4.98 Å². The Hall–Kier alpha value is -2.70. The summed E-state index contributed by atoms with van der Waals surface area (Å²) < 4.78 is 0. The number of rotatable bonds is 3. The second kappa shape index (κ2) is 4.28. The normalized spacial score (nSPS) is 10.7. The number of fused-ring (bicyclic) bond motifs is 1. The monoisotopic (exact) mass is 241 g/mol. The van der Waals surface area contributed by atoms with E-state index in [1.165, 1.54) is 0 Å². The van der Waals surface area contributed by atoms with Crippen LogP contribution in [0.5, 0.6) is 0 Å². The summed E-state index contributed by atoms with van der Waals surface area (Å²) in [5.74, 6) is 0.606. The highest BCUT2D eigenvalue weighted by atomic mass is 15.5. The van der Waals surface area contributed by atoms with Crippen LogP contribution in [-0.4, -0.2) is 25.6 Å². The molecule has 1 aromatic carbocycles. The molecule has 0 aliphatic heterocycles. The minimum absolute atomic E-state index is 0.498. The first-order chi connectivity index (χ1) is 8.84. The van der Waals surface area contributed by atoms with Gasteiger partial charge in [0.05, 0.1) is 6.54 Å². The molecule has 0 unspecified atom stereocenters. The molecule has 7 heteroatoms. The maximum atomic E-state index is 5.91. The molecule has 4 N–H and O–H groups in total. The van der Waals surface area contributed by atoms with Crippen LogP contribution in [0.1, 0.15) is 5.82 Å². The maximum Gasteiger partial charge on any atom is 0.193 e. The third-order valence-corrected chi connectivity index (χ3v) is 2.68. The summed E-state index contributed by atoms with van der Waals surface area (Å²) in [6.45, 7) is 0.498. The topological polar surface area (TPSA) is 105 Å². The molecule has 0 saturated heterocycles. The lowest BCUT2D eigenvalue weighted by atomic mass is 10.1. The standard InChI is InChI=1S/C11H11N7/c12-9-1-2-10(7-3-4-13-5-8(7)9)14-6-11-15-17-18-16-11/h1-5,14H,6,12H2,(H,15,16,17,18). The van der Waals surface area contributed by atoms with Gasteiger partial charge in [-0.1, -0.05) is 5.21 Å². The fourth-order valence-electron chi connectivity index (χ4n) is 1.80. The summed E-state index contributed by atoms with van der Waals surface area (Å²) in [6, 6.07) is 5.70. The van der Waals surface area contributed by atoms with Crippen molar-refractivity contribution in [2.75, 3.05) is 11.1 Å². The van der Waals surface area contributed by atoms with Crippen molar-refractivity contribution in [1.82, 2.24) is 25.6 Å². The van der Waals surface area contributed by atoms with Crippen molar-refractivity contribution >= 4 is 22.1 Å². The van der Waals surface area contributed by atoms with Crippen LogP contribution in [0.25, 0.3) is 10.8 Å². The van der Waals surface area contributed by atoms with Crippen molar-refractivity contribution in [3.63, 3.8) is 0 Å². The van der Waals surface area contributed by atoms with Gasteiger partial charge in [-0.15, -0.1) is 10.2 Å². The molecule has 0 radical (unpaired) electrons. The van der Waals surface area contributed by atoms with Gasteiger partial charge in [0.2, 0.25) is 0 Å². The number of aromatic nitrogens is 5. The van der Waals surface area contributed by atoms with Crippen LogP contribution in [0.4, 0.5) is 11.4 Å². The van der Waals surface area contributed by atoms with Gasteiger partial charge in [0.15, 0.2) is 5.82 Å². The van der Waals surface area contributed by atoms with E-state index in [2.05, 4.69) is 30.9 Å². The largest absolute Gasteiger partial charge is 0.398 e. The van der Waals surface area contributed by atoms with E-state index in [4.69, 9.17) is 5.73 Å². The Kier molecular flexibility index (Phi) is 2.49. The summed E-state index contributed by atoms with van der Waals surface area (Å²) in [4.78, 5) is 4.08. The van der Waals surface area contributed by atoms with Gasteiger partial charge in [0.25, 0.3) is 0 Å². The lowest BCUT2D eigenvalue weighted by Gasteiger charge is -2.09. The molecule has 3 aromatic rings. The Bertz CT molecular complexity index is 662. The lowest BCUT2D eigenvalue weighted by molar-refractivity contribution is 0.881. The zero-order valence-electron chi connectivity index (χ0n) is 9.46. The number of nitrogens with zero attached hydrogens (tertiary/aromatic N) is 4. The summed E-state index contributed by atoms with van der Waals surface area (Å²) in [5.41, 5.74) is 7.58. The van der Waals surface area contributed by atoms with E-state index in [0.29, 0.717) is 18.1 Å². The molecule has 0 bridgehead atoms. The number of hydrogen-bond donors (Lipinski definition) is 3. The molecule has 2 heterocycles. The van der Waals surface area contributed by atoms with Crippen LogP contribution >= 0.6 is 0 Å². The van der Waals surface area contributed by atoms with Gasteiger partial charge in [0.1, 0.15) is 0 Å². The summed E-state index contributed by atoms with van der Waals surface area (Å²) >= 11 is 0. The highest BCUT2D eigenvalue weighted by Crippen LogP contribution is 2.27. The van der Waals surface area contributed by atoms with Crippen LogP contribution < -0.4 is 11.1 Å². The third-order valence-electron chi connectivity index (χ3n) is 2.68. The smallest absolute Gasteiger partial charge is 0.193 e. The number of nitrogen functional groups attached to an aromatic ring is 1. The number of tetrazole rings is 1. The first-order valence-electron chi connectivity index (χ1n) is 5.43. The summed E-state index contributed by atoms with van der Waals surface area (Å²) in [6.07, 6.45) is 3.49. The SMILES string of the molecule is Nc1ccc(NCc2nn[nH]n2)c2ccncc12. The molecule has 90 valence electrons. The second-order valence-corrected chi connectivity index (χ2v) is 3.81. The van der Waals surface area contributed by atoms with E-state index in [1.54, 1.807) is 12.4 Å². The fourth-order valence-corrected chi connectivity index (χ4v) is 1.80. The zero-order chi connectivity index (χ0) is 12.4. The van der Waals surface area contributed by atoms with Gasteiger partial charge in [-0.2, -0.15) is 5.21 Å². The van der Waals surface area contributed by atoms with Crippen molar-refractivity contribution in [2.45, 2.75) is 6.54 Å².